The number of amidine groups is 1. The fraction of sp³-hybridized carbons (Fsp3) is 0.467. The Hall–Kier alpha value is -1.20. The molecule has 0 radical (unpaired) electrons. The van der Waals surface area contributed by atoms with Crippen LogP contribution in [0.2, 0.25) is 5.02 Å². The average molecular weight is 323 g/mol. The predicted molar refractivity (Wildman–Crippen MR) is 89.8 cm³/mol. The molecule has 21 heavy (non-hydrogen) atoms. The van der Waals surface area contributed by atoms with E-state index in [4.69, 9.17) is 16.6 Å². The monoisotopic (exact) mass is 322 g/mol. The molecular weight excluding hydrogens is 304 g/mol. The van der Waals surface area contributed by atoms with Crippen LogP contribution >= 0.6 is 23.4 Å². The Morgan fingerprint density at radius 3 is 2.71 bits per heavy atom. The number of fused-ring (bicyclic) bond motifs is 1. The van der Waals surface area contributed by atoms with Crippen molar-refractivity contribution in [3.8, 4) is 0 Å². The van der Waals surface area contributed by atoms with E-state index in [1.54, 1.807) is 11.8 Å². The van der Waals surface area contributed by atoms with Crippen LogP contribution in [0.25, 0.3) is 0 Å². The van der Waals surface area contributed by atoms with E-state index in [-0.39, 0.29) is 0 Å². The zero-order valence-corrected chi connectivity index (χ0v) is 14.0. The number of aromatic nitrogens is 1. The molecule has 1 aromatic rings. The maximum atomic E-state index is 6.11. The topological polar surface area (TPSA) is 31.7 Å². The van der Waals surface area contributed by atoms with E-state index in [2.05, 4.69) is 21.6 Å². The Kier molecular flexibility index (Phi) is 4.13. The first-order valence-corrected chi connectivity index (χ1v) is 8.40. The first-order valence-electron chi connectivity index (χ1n) is 7.20. The molecule has 6 heteroatoms. The Bertz CT molecular complexity index is 614. The van der Waals surface area contributed by atoms with Crippen LogP contribution in [0.3, 0.4) is 0 Å². The van der Waals surface area contributed by atoms with Crippen LogP contribution in [0.4, 0.5) is 5.82 Å². The van der Waals surface area contributed by atoms with Gasteiger partial charge in [0.05, 0.1) is 15.7 Å². The lowest BCUT2D eigenvalue weighted by Crippen LogP contribution is -2.37. The number of hydrogen-bond donors (Lipinski definition) is 0. The molecule has 2 aliphatic heterocycles. The van der Waals surface area contributed by atoms with Gasteiger partial charge in [0.2, 0.25) is 0 Å². The normalized spacial score (nSPS) is 20.9. The minimum atomic E-state index is 0.691. The first kappa shape index (κ1) is 14.7. The van der Waals surface area contributed by atoms with Crippen molar-refractivity contribution in [1.29, 1.82) is 0 Å². The fourth-order valence-corrected chi connectivity index (χ4v) is 3.69. The van der Waals surface area contributed by atoms with Gasteiger partial charge >= 0.3 is 0 Å². The van der Waals surface area contributed by atoms with Crippen LogP contribution in [-0.2, 0) is 0 Å². The second kappa shape index (κ2) is 5.89. The number of aryl methyl sites for hydroxylation is 2. The van der Waals surface area contributed by atoms with E-state index < -0.39 is 0 Å². The summed E-state index contributed by atoms with van der Waals surface area (Å²) in [5.41, 5.74) is 1.81. The van der Waals surface area contributed by atoms with Gasteiger partial charge in [-0.2, -0.15) is 0 Å². The smallest absolute Gasteiger partial charge is 0.191 e. The van der Waals surface area contributed by atoms with Gasteiger partial charge in [0.1, 0.15) is 0 Å². The van der Waals surface area contributed by atoms with E-state index in [9.17, 15) is 0 Å². The number of hydrazine groups is 1. The van der Waals surface area contributed by atoms with E-state index in [1.807, 2.05) is 19.9 Å². The lowest BCUT2D eigenvalue weighted by Gasteiger charge is -2.27. The van der Waals surface area contributed by atoms with Gasteiger partial charge in [-0.05, 0) is 56.5 Å². The Labute approximate surface area is 134 Å². The van der Waals surface area contributed by atoms with Gasteiger partial charge in [-0.3, -0.25) is 10.0 Å². The summed E-state index contributed by atoms with van der Waals surface area (Å²) < 4.78 is 0. The Balaban J connectivity index is 1.95. The number of nitrogens with zero attached hydrogens (tertiary/aromatic N) is 4. The summed E-state index contributed by atoms with van der Waals surface area (Å²) in [6.45, 7) is 10.1. The number of halogens is 1. The molecule has 2 aliphatic rings. The van der Waals surface area contributed by atoms with Crippen molar-refractivity contribution in [3.63, 3.8) is 0 Å². The van der Waals surface area contributed by atoms with E-state index in [1.165, 1.54) is 19.3 Å². The van der Waals surface area contributed by atoms with E-state index in [0.717, 1.165) is 40.4 Å². The highest BCUT2D eigenvalue weighted by Gasteiger charge is 2.31. The van der Waals surface area contributed by atoms with Gasteiger partial charge < -0.3 is 0 Å². The van der Waals surface area contributed by atoms with Crippen molar-refractivity contribution < 1.29 is 0 Å². The van der Waals surface area contributed by atoms with Crippen molar-refractivity contribution in [2.24, 2.45) is 4.99 Å². The molecule has 0 aromatic carbocycles. The van der Waals surface area contributed by atoms with Crippen LogP contribution in [-0.4, -0.2) is 33.3 Å². The molecule has 2 saturated heterocycles. The zero-order valence-electron chi connectivity index (χ0n) is 12.4. The highest BCUT2D eigenvalue weighted by atomic mass is 35.5. The van der Waals surface area contributed by atoms with Crippen molar-refractivity contribution in [2.45, 2.75) is 33.1 Å². The molecule has 0 unspecified atom stereocenters. The second-order valence-electron chi connectivity index (χ2n) is 5.39. The molecule has 4 nitrogen and oxygen atoms in total. The summed E-state index contributed by atoms with van der Waals surface area (Å²) in [5, 5.41) is 7.20. The molecule has 3 rings (SSSR count). The van der Waals surface area contributed by atoms with E-state index >= 15 is 0 Å². The van der Waals surface area contributed by atoms with Crippen molar-refractivity contribution in [2.75, 3.05) is 13.1 Å². The number of aliphatic imine (C=N–C) groups is 1. The molecule has 1 aromatic heterocycles. The molecular formula is C15H19ClN4S. The maximum absolute atomic E-state index is 6.11. The first-order chi connectivity index (χ1) is 10.1. The highest BCUT2D eigenvalue weighted by molar-refractivity contribution is 8.17. The van der Waals surface area contributed by atoms with E-state index in [0.29, 0.717) is 5.02 Å². The quantitative estimate of drug-likeness (QED) is 0.773. The minimum absolute atomic E-state index is 0.691. The van der Waals surface area contributed by atoms with Gasteiger partial charge in [-0.15, -0.1) is 0 Å². The summed E-state index contributed by atoms with van der Waals surface area (Å²) >= 11 is 7.74. The van der Waals surface area contributed by atoms with Gasteiger partial charge in [-0.1, -0.05) is 18.2 Å². The molecule has 0 atom stereocenters. The average Bonchev–Trinajstić information content (AvgIpc) is 2.64. The SMILES string of the molecule is C=C1SC(=Nc2nc(C)c(Cl)cc2C)N2CCCCCN12. The fourth-order valence-electron chi connectivity index (χ4n) is 2.55. The van der Waals surface area contributed by atoms with Crippen LogP contribution in [0.15, 0.2) is 22.7 Å². The summed E-state index contributed by atoms with van der Waals surface area (Å²) in [6, 6.07) is 1.93. The maximum Gasteiger partial charge on any atom is 0.191 e. The third-order valence-electron chi connectivity index (χ3n) is 3.77. The van der Waals surface area contributed by atoms with Crippen LogP contribution in [0, 0.1) is 13.8 Å². The highest BCUT2D eigenvalue weighted by Crippen LogP contribution is 2.36. The molecule has 0 bridgehead atoms. The van der Waals surface area contributed by atoms with Gasteiger partial charge in [0, 0.05) is 13.1 Å². The summed E-state index contributed by atoms with van der Waals surface area (Å²) in [7, 11) is 0. The third kappa shape index (κ3) is 2.90. The van der Waals surface area contributed by atoms with Crippen molar-refractivity contribution in [3.05, 3.63) is 34.0 Å². The summed E-state index contributed by atoms with van der Waals surface area (Å²) in [5.74, 6) is 0.748. The summed E-state index contributed by atoms with van der Waals surface area (Å²) in [4.78, 5) is 9.28. The largest absolute Gasteiger partial charge is 0.277 e. The molecule has 3 heterocycles. The van der Waals surface area contributed by atoms with Crippen molar-refractivity contribution in [1.82, 2.24) is 15.0 Å². The number of pyridine rings is 1. The van der Waals surface area contributed by atoms with Crippen LogP contribution < -0.4 is 0 Å². The standard InChI is InChI=1S/C15H19ClN4S/c1-10-9-13(16)11(2)17-14(10)18-15-20-8-6-4-5-7-19(20)12(3)21-15/h9H,3-8H2,1-2H3. The summed E-state index contributed by atoms with van der Waals surface area (Å²) in [6.07, 6.45) is 3.66. The van der Waals surface area contributed by atoms with Gasteiger partial charge in [0.25, 0.3) is 0 Å². The second-order valence-corrected chi connectivity index (χ2v) is 6.84. The minimum Gasteiger partial charge on any atom is -0.277 e. The van der Waals surface area contributed by atoms with Crippen molar-refractivity contribution >= 4 is 34.3 Å². The van der Waals surface area contributed by atoms with Crippen LogP contribution in [0.1, 0.15) is 30.5 Å². The lowest BCUT2D eigenvalue weighted by atomic mass is 10.2. The number of hydrogen-bond acceptors (Lipinski definition) is 4. The molecule has 2 fully saturated rings. The molecule has 0 saturated carbocycles. The van der Waals surface area contributed by atoms with Crippen LogP contribution in [0.5, 0.6) is 0 Å². The molecule has 112 valence electrons. The van der Waals surface area contributed by atoms with Gasteiger partial charge in [0.15, 0.2) is 11.0 Å². The molecule has 0 spiro atoms. The Morgan fingerprint density at radius 2 is 1.95 bits per heavy atom. The van der Waals surface area contributed by atoms with Gasteiger partial charge in [-0.25, -0.2) is 9.98 Å². The third-order valence-corrected chi connectivity index (χ3v) is 5.08. The lowest BCUT2D eigenvalue weighted by molar-refractivity contribution is 0.124. The molecule has 0 amide bonds. The number of rotatable bonds is 1. The zero-order chi connectivity index (χ0) is 15.0. The predicted octanol–water partition coefficient (Wildman–Crippen LogP) is 4.26. The molecule has 0 N–H and O–H groups in total. The molecule has 0 aliphatic carbocycles. The Morgan fingerprint density at radius 1 is 1.24 bits per heavy atom. The number of thioether (sulfide) groups is 1.